The van der Waals surface area contributed by atoms with Gasteiger partial charge in [0.25, 0.3) is 0 Å². The summed E-state index contributed by atoms with van der Waals surface area (Å²) < 4.78 is 4.91. The van der Waals surface area contributed by atoms with Crippen LogP contribution in [0.25, 0.3) is 66.1 Å². The normalized spacial score (nSPS) is 13.3. The van der Waals surface area contributed by atoms with Gasteiger partial charge in [0, 0.05) is 38.6 Å². The van der Waals surface area contributed by atoms with Crippen LogP contribution in [0.3, 0.4) is 0 Å². The lowest BCUT2D eigenvalue weighted by Gasteiger charge is -2.41. The van der Waals surface area contributed by atoms with E-state index >= 15 is 0 Å². The van der Waals surface area contributed by atoms with Gasteiger partial charge in [-0.1, -0.05) is 152 Å². The summed E-state index contributed by atoms with van der Waals surface area (Å²) in [6.45, 7) is 0. The zero-order valence-corrected chi connectivity index (χ0v) is 27.9. The Morgan fingerprint density at radius 2 is 0.922 bits per heavy atom. The summed E-state index contributed by atoms with van der Waals surface area (Å²) in [5, 5.41) is 5.07. The maximum atomic E-state index is 2.51. The highest BCUT2D eigenvalue weighted by Gasteiger charge is 2.45. The highest BCUT2D eigenvalue weighted by molar-refractivity contribution is 6.14. The van der Waals surface area contributed by atoms with Crippen LogP contribution in [0, 0.1) is 0 Å². The number of rotatable bonds is 4. The first-order valence-electron chi connectivity index (χ1n) is 17.7. The van der Waals surface area contributed by atoms with Gasteiger partial charge in [0.05, 0.1) is 33.2 Å². The molecule has 8 aromatic carbocycles. The Bertz CT molecular complexity index is 2940. The number of hydrogen-bond acceptors (Lipinski definition) is 0. The molecule has 3 heterocycles. The van der Waals surface area contributed by atoms with Crippen LogP contribution in [0.4, 0.5) is 0 Å². The minimum Gasteiger partial charge on any atom is -0.309 e. The second-order valence-electron chi connectivity index (χ2n) is 13.7. The molecule has 10 aromatic rings. The first-order chi connectivity index (χ1) is 25.3. The van der Waals surface area contributed by atoms with E-state index in [1.807, 2.05) is 0 Å². The first kappa shape index (κ1) is 28.2. The van der Waals surface area contributed by atoms with Crippen molar-refractivity contribution in [3.05, 3.63) is 216 Å². The number of fused-ring (bicyclic) bond motifs is 8. The van der Waals surface area contributed by atoms with E-state index in [9.17, 15) is 0 Å². The van der Waals surface area contributed by atoms with Gasteiger partial charge in [0.1, 0.15) is 0 Å². The van der Waals surface area contributed by atoms with E-state index in [0.29, 0.717) is 0 Å². The van der Waals surface area contributed by atoms with Crippen LogP contribution in [-0.2, 0) is 5.41 Å². The molecule has 0 unspecified atom stereocenters. The fourth-order valence-corrected chi connectivity index (χ4v) is 9.10. The summed E-state index contributed by atoms with van der Waals surface area (Å²) in [6.07, 6.45) is 0. The van der Waals surface area contributed by atoms with E-state index in [-0.39, 0.29) is 11.4 Å². The summed E-state index contributed by atoms with van der Waals surface area (Å²) >= 11 is 0. The molecule has 0 fully saturated rings. The number of para-hydroxylation sites is 4. The lowest BCUT2D eigenvalue weighted by atomic mass is 9.63. The van der Waals surface area contributed by atoms with Crippen LogP contribution in [0.15, 0.2) is 194 Å². The molecule has 0 radical (unpaired) electrons. The molecule has 0 bridgehead atoms. The maximum absolute atomic E-state index is 2.51. The highest BCUT2D eigenvalue weighted by Crippen LogP contribution is 2.54. The van der Waals surface area contributed by atoms with Gasteiger partial charge in [-0.2, -0.15) is 0 Å². The van der Waals surface area contributed by atoms with E-state index in [1.165, 1.54) is 88.4 Å². The van der Waals surface area contributed by atoms with Crippen molar-refractivity contribution in [1.29, 1.82) is 0 Å². The molecule has 0 atom stereocenters. The van der Waals surface area contributed by atoms with Crippen molar-refractivity contribution in [3.63, 3.8) is 0 Å². The average Bonchev–Trinajstić information content (AvgIpc) is 3.72. The lowest BCUT2D eigenvalue weighted by Crippen LogP contribution is -2.35. The van der Waals surface area contributed by atoms with E-state index < -0.39 is 5.41 Å². The van der Waals surface area contributed by atoms with Crippen LogP contribution in [0.1, 0.15) is 33.7 Å². The molecule has 2 nitrogen and oxygen atoms in total. The van der Waals surface area contributed by atoms with Gasteiger partial charge >= 0.3 is 0 Å². The van der Waals surface area contributed by atoms with Gasteiger partial charge in [0.15, 0.2) is 0 Å². The molecule has 254 valence electrons. The maximum Gasteiger partial charge on any atom is 0.0742 e. The molecule has 0 saturated heterocycles. The minimum absolute atomic E-state index is 0. The predicted octanol–water partition coefficient (Wildman–Crippen LogP) is 14.2. The average molecular weight is 665 g/mol. The molecule has 2 aromatic heterocycles. The van der Waals surface area contributed by atoms with E-state index in [4.69, 9.17) is 0 Å². The third-order valence-electron chi connectivity index (χ3n) is 11.2. The Hall–Kier alpha value is -6.64. The second-order valence-corrected chi connectivity index (χ2v) is 13.7. The summed E-state index contributed by atoms with van der Waals surface area (Å²) in [4.78, 5) is 0. The molecule has 0 aliphatic carbocycles. The molecule has 1 aliphatic heterocycles. The van der Waals surface area contributed by atoms with Crippen LogP contribution in [0.5, 0.6) is 0 Å². The lowest BCUT2D eigenvalue weighted by molar-refractivity contribution is 0.728. The molecule has 0 N–H and O–H groups in total. The van der Waals surface area contributed by atoms with Gasteiger partial charge in [0.2, 0.25) is 0 Å². The monoisotopic (exact) mass is 664 g/mol. The van der Waals surface area contributed by atoms with Gasteiger partial charge < -0.3 is 9.13 Å². The van der Waals surface area contributed by atoms with Crippen molar-refractivity contribution in [3.8, 4) is 22.5 Å². The molecule has 2 heteroatoms. The quantitative estimate of drug-likeness (QED) is 0.177. The van der Waals surface area contributed by atoms with Crippen LogP contribution >= 0.6 is 0 Å². The van der Waals surface area contributed by atoms with Crippen LogP contribution < -0.4 is 0 Å². The van der Waals surface area contributed by atoms with Crippen molar-refractivity contribution in [2.45, 2.75) is 5.41 Å². The molecule has 0 amide bonds. The second kappa shape index (κ2) is 10.7. The number of aromatic nitrogens is 2. The fraction of sp³-hybridized carbons (Fsp3) is 0.0204. The Morgan fingerprint density at radius 3 is 1.71 bits per heavy atom. The molecular weight excluding hydrogens is 617 g/mol. The highest BCUT2D eigenvalue weighted by atomic mass is 15.0. The van der Waals surface area contributed by atoms with Gasteiger partial charge in [-0.3, -0.25) is 0 Å². The van der Waals surface area contributed by atoms with Crippen molar-refractivity contribution in [2.75, 3.05) is 0 Å². The van der Waals surface area contributed by atoms with Crippen LogP contribution in [0.2, 0.25) is 0 Å². The molecular formula is C49H48N2. The third-order valence-corrected chi connectivity index (χ3v) is 11.2. The minimum atomic E-state index is -0.471. The van der Waals surface area contributed by atoms with Gasteiger partial charge in [-0.25, -0.2) is 0 Å². The van der Waals surface area contributed by atoms with Crippen molar-refractivity contribution >= 4 is 43.6 Å². The van der Waals surface area contributed by atoms with Gasteiger partial charge in [-0.05, 0) is 75.8 Å². The molecule has 0 spiro atoms. The summed E-state index contributed by atoms with van der Waals surface area (Å²) in [7, 11) is 0. The first-order valence-corrected chi connectivity index (χ1v) is 17.7. The Morgan fingerprint density at radius 1 is 0.353 bits per heavy atom. The van der Waals surface area contributed by atoms with E-state index in [0.717, 1.165) is 0 Å². The fourth-order valence-electron chi connectivity index (χ4n) is 9.10. The van der Waals surface area contributed by atoms with E-state index in [2.05, 4.69) is 203 Å². The molecule has 0 saturated carbocycles. The van der Waals surface area contributed by atoms with Crippen molar-refractivity contribution in [1.82, 2.24) is 9.13 Å². The topological polar surface area (TPSA) is 9.86 Å². The number of benzene rings is 8. The SMILES string of the molecule is [HH].[HH].[HH].[HH].[HH].[HH].[HH].[HH].c1ccc(-n2c3ccccc3c3ccc(-c4ccc5c(c4)c4cccc6c4n5-c4ccccc4C6(c4ccccc4)c4ccccc4)cc32)cc1. The zero-order chi connectivity index (χ0) is 33.5. The third kappa shape index (κ3) is 3.82. The summed E-state index contributed by atoms with van der Waals surface area (Å²) in [5.74, 6) is 0. The van der Waals surface area contributed by atoms with Crippen molar-refractivity contribution in [2.24, 2.45) is 0 Å². The van der Waals surface area contributed by atoms with Crippen LogP contribution in [-0.4, -0.2) is 9.13 Å². The van der Waals surface area contributed by atoms with Gasteiger partial charge in [-0.15, -0.1) is 0 Å². The standard InChI is InChI=1S/C49H32N2.8H2/c1-4-15-35(16-5-1)49(36-17-6-2-7-18-36)42-23-11-13-26-46(42)51-45-30-28-33(31-41(45)40-22-14-24-43(49)48(40)51)34-27-29-39-38-21-10-12-25-44(38)50(47(39)32-34)37-19-8-3-9-20-37;;;;;;;;/h1-32H;8*1H. The zero-order valence-electron chi connectivity index (χ0n) is 27.9. The van der Waals surface area contributed by atoms with E-state index in [1.54, 1.807) is 0 Å². The summed E-state index contributed by atoms with van der Waals surface area (Å²) in [6, 6.07) is 71.5. The largest absolute Gasteiger partial charge is 0.309 e. The van der Waals surface area contributed by atoms with Crippen molar-refractivity contribution < 1.29 is 11.4 Å². The molecule has 51 heavy (non-hydrogen) atoms. The number of hydrogen-bond donors (Lipinski definition) is 0. The smallest absolute Gasteiger partial charge is 0.0742 e. The Kier molecular flexibility index (Phi) is 5.91. The predicted molar refractivity (Wildman–Crippen MR) is 229 cm³/mol. The number of nitrogens with zero attached hydrogens (tertiary/aromatic N) is 2. The molecule has 1 aliphatic rings. The summed E-state index contributed by atoms with van der Waals surface area (Å²) in [5.41, 5.74) is 14.4. The Labute approximate surface area is 308 Å². The molecule has 11 rings (SSSR count). The Balaban J connectivity index is 0.00000116.